The van der Waals surface area contributed by atoms with E-state index >= 15 is 0 Å². The summed E-state index contributed by atoms with van der Waals surface area (Å²) in [5.41, 5.74) is 1.49. The quantitative estimate of drug-likeness (QED) is 0.641. The number of methoxy groups -OCH3 is 1. The minimum absolute atomic E-state index is 0.347. The van der Waals surface area contributed by atoms with Gasteiger partial charge in [-0.3, -0.25) is 4.79 Å². The molecule has 5 nitrogen and oxygen atoms in total. The maximum Gasteiger partial charge on any atom is 0.412 e. The van der Waals surface area contributed by atoms with E-state index in [2.05, 4.69) is 5.32 Å². The van der Waals surface area contributed by atoms with Gasteiger partial charge in [0.15, 0.2) is 0 Å². The molecule has 0 radical (unpaired) electrons. The molecule has 0 spiro atoms. The average Bonchev–Trinajstić information content (AvgIpc) is 2.77. The Balaban J connectivity index is 1.66. The summed E-state index contributed by atoms with van der Waals surface area (Å²) in [5, 5.41) is 2.83. The summed E-state index contributed by atoms with van der Waals surface area (Å²) in [6.45, 7) is 2.29. The largest absolute Gasteiger partial charge is 0.469 e. The first-order chi connectivity index (χ1) is 14.5. The molecule has 1 unspecified atom stereocenters. The van der Waals surface area contributed by atoms with E-state index in [1.54, 1.807) is 43.3 Å². The highest BCUT2D eigenvalue weighted by Crippen LogP contribution is 2.29. The van der Waals surface area contributed by atoms with Crippen LogP contribution in [0, 0.1) is 11.7 Å². The number of ether oxygens (including phenoxy) is 2. The van der Waals surface area contributed by atoms with Crippen LogP contribution in [0.15, 0.2) is 42.5 Å². The molecule has 0 saturated heterocycles. The zero-order valence-electron chi connectivity index (χ0n) is 17.4. The molecule has 6 heteroatoms. The van der Waals surface area contributed by atoms with E-state index in [1.165, 1.54) is 32.4 Å². The van der Waals surface area contributed by atoms with Crippen molar-refractivity contribution in [1.82, 2.24) is 5.32 Å². The molecule has 3 rings (SSSR count). The Kier molecular flexibility index (Phi) is 7.44. The number of esters is 1. The second kappa shape index (κ2) is 10.2. The molecule has 1 fully saturated rings. The van der Waals surface area contributed by atoms with Crippen molar-refractivity contribution in [2.45, 2.75) is 44.9 Å². The number of carbonyl (C=O) groups is 2. The molecule has 2 aromatic rings. The minimum Gasteiger partial charge on any atom is -0.469 e. The molecule has 30 heavy (non-hydrogen) atoms. The molecule has 1 N–H and O–H groups in total. The molecule has 1 atom stereocenters. The normalized spacial score (nSPS) is 15.3. The van der Waals surface area contributed by atoms with E-state index in [0.29, 0.717) is 34.9 Å². The third-order valence-electron chi connectivity index (χ3n) is 5.66. The van der Waals surface area contributed by atoms with Crippen molar-refractivity contribution < 1.29 is 23.5 Å². The van der Waals surface area contributed by atoms with Crippen molar-refractivity contribution in [1.29, 1.82) is 0 Å². The fourth-order valence-electron chi connectivity index (χ4n) is 3.84. The maximum atomic E-state index is 14.7. The number of rotatable bonds is 6. The number of hydrogen-bond acceptors (Lipinski definition) is 4. The number of halogens is 1. The SMILES string of the molecule is COC(=O)C(C)c1ccc(-c2cccc(OC(=O)NCC3CCCCC3)c2)c(F)c1. The Morgan fingerprint density at radius 3 is 2.60 bits per heavy atom. The lowest BCUT2D eigenvalue weighted by Gasteiger charge is -2.21. The number of nitrogens with one attached hydrogen (secondary N) is 1. The van der Waals surface area contributed by atoms with Gasteiger partial charge in [0.05, 0.1) is 13.0 Å². The highest BCUT2D eigenvalue weighted by Gasteiger charge is 2.18. The van der Waals surface area contributed by atoms with Crippen molar-refractivity contribution in [2.75, 3.05) is 13.7 Å². The number of carbonyl (C=O) groups excluding carboxylic acids is 2. The van der Waals surface area contributed by atoms with E-state index in [1.807, 2.05) is 0 Å². The lowest BCUT2D eigenvalue weighted by molar-refractivity contribution is -0.141. The van der Waals surface area contributed by atoms with Gasteiger partial charge in [0.1, 0.15) is 11.6 Å². The number of amides is 1. The fraction of sp³-hybridized carbons (Fsp3) is 0.417. The fourth-order valence-corrected chi connectivity index (χ4v) is 3.84. The van der Waals surface area contributed by atoms with Crippen LogP contribution in [0.2, 0.25) is 0 Å². The lowest BCUT2D eigenvalue weighted by Crippen LogP contribution is -2.32. The molecule has 0 aliphatic heterocycles. The first kappa shape index (κ1) is 21.8. The Hall–Kier alpha value is -2.89. The highest BCUT2D eigenvalue weighted by atomic mass is 19.1. The molecular weight excluding hydrogens is 385 g/mol. The van der Waals surface area contributed by atoms with E-state index in [0.717, 1.165) is 12.8 Å². The van der Waals surface area contributed by atoms with Gasteiger partial charge in [-0.15, -0.1) is 0 Å². The van der Waals surface area contributed by atoms with Crippen LogP contribution in [-0.4, -0.2) is 25.7 Å². The van der Waals surface area contributed by atoms with E-state index < -0.39 is 23.8 Å². The standard InChI is InChI=1S/C24H28FNO4/c1-16(23(27)29-2)18-11-12-21(22(25)14-18)19-9-6-10-20(13-19)30-24(28)26-15-17-7-4-3-5-8-17/h6,9-14,16-17H,3-5,7-8,15H2,1-2H3,(H,26,28). The van der Waals surface area contributed by atoms with Crippen LogP contribution in [0.4, 0.5) is 9.18 Å². The molecule has 1 aliphatic carbocycles. The monoisotopic (exact) mass is 413 g/mol. The molecule has 2 aromatic carbocycles. The van der Waals surface area contributed by atoms with Gasteiger partial charge in [0, 0.05) is 12.1 Å². The zero-order valence-corrected chi connectivity index (χ0v) is 17.4. The molecular formula is C24H28FNO4. The number of benzene rings is 2. The summed E-state index contributed by atoms with van der Waals surface area (Å²) in [7, 11) is 1.31. The average molecular weight is 413 g/mol. The minimum atomic E-state index is -0.555. The molecule has 1 aliphatic rings. The first-order valence-electron chi connectivity index (χ1n) is 10.4. The van der Waals surface area contributed by atoms with Crippen molar-refractivity contribution in [3.8, 4) is 16.9 Å². The highest BCUT2D eigenvalue weighted by molar-refractivity contribution is 5.78. The van der Waals surface area contributed by atoms with Gasteiger partial charge >= 0.3 is 12.1 Å². The van der Waals surface area contributed by atoms with Crippen LogP contribution in [0.25, 0.3) is 11.1 Å². The molecule has 160 valence electrons. The summed E-state index contributed by atoms with van der Waals surface area (Å²) in [5.74, 6) is -0.572. The van der Waals surface area contributed by atoms with Gasteiger partial charge in [-0.25, -0.2) is 9.18 Å². The summed E-state index contributed by atoms with van der Waals surface area (Å²) >= 11 is 0. The van der Waals surface area contributed by atoms with Crippen LogP contribution in [0.1, 0.15) is 50.5 Å². The van der Waals surface area contributed by atoms with Crippen molar-refractivity contribution in [2.24, 2.45) is 5.92 Å². The van der Waals surface area contributed by atoms with Crippen LogP contribution >= 0.6 is 0 Å². The Bertz CT molecular complexity index is 893. The van der Waals surface area contributed by atoms with Crippen LogP contribution in [0.5, 0.6) is 5.75 Å². The predicted molar refractivity (Wildman–Crippen MR) is 113 cm³/mol. The number of hydrogen-bond donors (Lipinski definition) is 1. The lowest BCUT2D eigenvalue weighted by atomic mass is 9.89. The van der Waals surface area contributed by atoms with Gasteiger partial charge in [-0.05, 0) is 55.0 Å². The third kappa shape index (κ3) is 5.59. The predicted octanol–water partition coefficient (Wildman–Crippen LogP) is 5.44. The van der Waals surface area contributed by atoms with Gasteiger partial charge in [0.2, 0.25) is 0 Å². The second-order valence-electron chi connectivity index (χ2n) is 7.79. The summed E-state index contributed by atoms with van der Waals surface area (Å²) in [6.07, 6.45) is 5.48. The first-order valence-corrected chi connectivity index (χ1v) is 10.4. The van der Waals surface area contributed by atoms with Crippen LogP contribution in [-0.2, 0) is 9.53 Å². The summed E-state index contributed by atoms with van der Waals surface area (Å²) in [4.78, 5) is 23.8. The molecule has 1 amide bonds. The third-order valence-corrected chi connectivity index (χ3v) is 5.66. The van der Waals surface area contributed by atoms with Crippen molar-refractivity contribution >= 4 is 12.1 Å². The Morgan fingerprint density at radius 2 is 1.90 bits per heavy atom. The molecule has 0 aromatic heterocycles. The smallest absolute Gasteiger partial charge is 0.412 e. The molecule has 0 heterocycles. The summed E-state index contributed by atoms with van der Waals surface area (Å²) < 4.78 is 24.8. The van der Waals surface area contributed by atoms with E-state index in [-0.39, 0.29) is 0 Å². The molecule has 1 saturated carbocycles. The van der Waals surface area contributed by atoms with Crippen LogP contribution in [0.3, 0.4) is 0 Å². The Morgan fingerprint density at radius 1 is 1.13 bits per heavy atom. The summed E-state index contributed by atoms with van der Waals surface area (Å²) in [6, 6.07) is 11.4. The van der Waals surface area contributed by atoms with Gasteiger partial charge < -0.3 is 14.8 Å². The van der Waals surface area contributed by atoms with Gasteiger partial charge in [-0.2, -0.15) is 0 Å². The topological polar surface area (TPSA) is 64.6 Å². The van der Waals surface area contributed by atoms with Crippen molar-refractivity contribution in [3.05, 3.63) is 53.8 Å². The van der Waals surface area contributed by atoms with E-state index in [9.17, 15) is 14.0 Å². The van der Waals surface area contributed by atoms with Gasteiger partial charge in [-0.1, -0.05) is 43.5 Å². The van der Waals surface area contributed by atoms with Gasteiger partial charge in [0.25, 0.3) is 0 Å². The molecule has 0 bridgehead atoms. The second-order valence-corrected chi connectivity index (χ2v) is 7.79. The maximum absolute atomic E-state index is 14.7. The Labute approximate surface area is 176 Å². The van der Waals surface area contributed by atoms with Crippen LogP contribution < -0.4 is 10.1 Å². The van der Waals surface area contributed by atoms with Crippen molar-refractivity contribution in [3.63, 3.8) is 0 Å². The van der Waals surface area contributed by atoms with E-state index in [4.69, 9.17) is 9.47 Å². The zero-order chi connectivity index (χ0) is 21.5.